The normalized spacial score (nSPS) is 21.8. The average molecular weight is 391 g/mol. The van der Waals surface area contributed by atoms with Gasteiger partial charge in [0.1, 0.15) is 0 Å². The van der Waals surface area contributed by atoms with Crippen LogP contribution in [0.25, 0.3) is 0 Å². The molecule has 2 aliphatic rings. The first-order valence-corrected chi connectivity index (χ1v) is 9.19. The van der Waals surface area contributed by atoms with Crippen LogP contribution < -0.4 is 10.9 Å². The van der Waals surface area contributed by atoms with E-state index in [2.05, 4.69) is 10.2 Å². The third kappa shape index (κ3) is 3.82. The molecule has 1 aromatic carbocycles. The molecule has 4 rings (SSSR count). The number of halogens is 3. The van der Waals surface area contributed by atoms with Crippen LogP contribution in [0.2, 0.25) is 0 Å². The summed E-state index contributed by atoms with van der Waals surface area (Å²) in [5, 5.41) is 2.66. The highest BCUT2D eigenvalue weighted by atomic mass is 19.4. The van der Waals surface area contributed by atoms with Gasteiger partial charge in [-0.1, -0.05) is 6.07 Å². The first-order valence-electron chi connectivity index (χ1n) is 9.19. The van der Waals surface area contributed by atoms with Gasteiger partial charge >= 0.3 is 6.18 Å². The molecule has 148 valence electrons. The summed E-state index contributed by atoms with van der Waals surface area (Å²) >= 11 is 0. The number of hydrogen-bond acceptors (Lipinski definition) is 3. The molecule has 0 spiro atoms. The lowest BCUT2D eigenvalue weighted by molar-refractivity contribution is -0.137. The van der Waals surface area contributed by atoms with Gasteiger partial charge in [0.2, 0.25) is 5.91 Å². The summed E-state index contributed by atoms with van der Waals surface area (Å²) in [4.78, 5) is 26.5. The SMILES string of the molecule is O=C(CN1CC2CC(C1)c1cccc(=O)n1C2)Nc1ccc(C(F)(F)F)cc1. The molecule has 0 aliphatic carbocycles. The van der Waals surface area contributed by atoms with Crippen LogP contribution in [0.3, 0.4) is 0 Å². The van der Waals surface area contributed by atoms with Gasteiger partial charge in [0, 0.05) is 43.0 Å². The molecule has 0 radical (unpaired) electrons. The largest absolute Gasteiger partial charge is 0.416 e. The van der Waals surface area contributed by atoms with E-state index in [1.54, 1.807) is 12.1 Å². The Hall–Kier alpha value is -2.61. The highest BCUT2D eigenvalue weighted by Crippen LogP contribution is 2.35. The Labute approximate surface area is 159 Å². The first kappa shape index (κ1) is 18.7. The third-order valence-corrected chi connectivity index (χ3v) is 5.42. The quantitative estimate of drug-likeness (QED) is 0.876. The molecule has 0 saturated carbocycles. The van der Waals surface area contributed by atoms with Crippen molar-refractivity contribution in [1.29, 1.82) is 0 Å². The van der Waals surface area contributed by atoms with Crippen molar-refractivity contribution in [3.05, 3.63) is 64.1 Å². The number of fused-ring (bicyclic) bond motifs is 4. The summed E-state index contributed by atoms with van der Waals surface area (Å²) in [7, 11) is 0. The smallest absolute Gasteiger partial charge is 0.325 e. The van der Waals surface area contributed by atoms with E-state index < -0.39 is 11.7 Å². The van der Waals surface area contributed by atoms with E-state index in [1.807, 2.05) is 10.6 Å². The minimum Gasteiger partial charge on any atom is -0.325 e. The molecular formula is C20H20F3N3O2. The maximum atomic E-state index is 12.6. The maximum absolute atomic E-state index is 12.6. The number of carbonyl (C=O) groups excluding carboxylic acids is 1. The molecule has 1 fully saturated rings. The van der Waals surface area contributed by atoms with Crippen LogP contribution in [-0.4, -0.2) is 35.0 Å². The number of carbonyl (C=O) groups is 1. The molecule has 28 heavy (non-hydrogen) atoms. The number of hydrogen-bond donors (Lipinski definition) is 1. The lowest BCUT2D eigenvalue weighted by atomic mass is 9.83. The molecule has 2 aromatic rings. The van der Waals surface area contributed by atoms with Crippen molar-refractivity contribution in [2.75, 3.05) is 25.0 Å². The van der Waals surface area contributed by atoms with Gasteiger partial charge in [-0.05, 0) is 42.7 Å². The number of benzene rings is 1. The van der Waals surface area contributed by atoms with Gasteiger partial charge in [-0.15, -0.1) is 0 Å². The Bertz CT molecular complexity index is 937. The van der Waals surface area contributed by atoms with E-state index in [1.165, 1.54) is 12.1 Å². The summed E-state index contributed by atoms with van der Waals surface area (Å²) in [5.74, 6) is 0.260. The Morgan fingerprint density at radius 2 is 1.82 bits per heavy atom. The van der Waals surface area contributed by atoms with Gasteiger partial charge in [0.25, 0.3) is 5.56 Å². The molecule has 2 unspecified atom stereocenters. The maximum Gasteiger partial charge on any atom is 0.416 e. The van der Waals surface area contributed by atoms with Crippen LogP contribution >= 0.6 is 0 Å². The van der Waals surface area contributed by atoms with Crippen LogP contribution in [0.4, 0.5) is 18.9 Å². The molecule has 3 heterocycles. The summed E-state index contributed by atoms with van der Waals surface area (Å²) < 4.78 is 39.7. The van der Waals surface area contributed by atoms with E-state index in [0.29, 0.717) is 24.7 Å². The van der Waals surface area contributed by atoms with E-state index in [-0.39, 0.29) is 23.9 Å². The molecule has 1 saturated heterocycles. The van der Waals surface area contributed by atoms with Gasteiger partial charge < -0.3 is 9.88 Å². The number of piperidine rings is 1. The minimum absolute atomic E-state index is 0.0145. The molecule has 8 heteroatoms. The van der Waals surface area contributed by atoms with Crippen molar-refractivity contribution in [2.24, 2.45) is 5.92 Å². The number of anilines is 1. The first-order chi connectivity index (χ1) is 13.3. The molecule has 1 amide bonds. The Kier molecular flexibility index (Phi) is 4.74. The summed E-state index contributed by atoms with van der Waals surface area (Å²) in [6, 6.07) is 9.73. The zero-order valence-corrected chi connectivity index (χ0v) is 15.1. The lowest BCUT2D eigenvalue weighted by Crippen LogP contribution is -2.49. The van der Waals surface area contributed by atoms with Gasteiger partial charge in [-0.3, -0.25) is 14.5 Å². The number of alkyl halides is 3. The number of amides is 1. The van der Waals surface area contributed by atoms with E-state index in [0.717, 1.165) is 30.8 Å². The molecule has 1 N–H and O–H groups in total. The number of nitrogens with one attached hydrogen (secondary N) is 1. The fourth-order valence-corrected chi connectivity index (χ4v) is 4.27. The Balaban J connectivity index is 1.39. The molecule has 5 nitrogen and oxygen atoms in total. The van der Waals surface area contributed by atoms with Crippen LogP contribution in [0.5, 0.6) is 0 Å². The Morgan fingerprint density at radius 1 is 1.07 bits per heavy atom. The monoisotopic (exact) mass is 391 g/mol. The van der Waals surface area contributed by atoms with Gasteiger partial charge in [-0.2, -0.15) is 13.2 Å². The standard InChI is InChI=1S/C20H20F3N3O2/c21-20(22,23)15-4-6-16(7-5-15)24-18(27)12-25-9-13-8-14(11-25)17-2-1-3-19(28)26(17)10-13/h1-7,13-14H,8-12H2,(H,24,27). The summed E-state index contributed by atoms with van der Waals surface area (Å²) in [5.41, 5.74) is 0.618. The highest BCUT2D eigenvalue weighted by molar-refractivity contribution is 5.92. The molecular weight excluding hydrogens is 371 g/mol. The predicted octanol–water partition coefficient (Wildman–Crippen LogP) is 2.92. The van der Waals surface area contributed by atoms with E-state index in [9.17, 15) is 22.8 Å². The zero-order chi connectivity index (χ0) is 19.9. The van der Waals surface area contributed by atoms with Crippen LogP contribution in [0.15, 0.2) is 47.3 Å². The molecule has 1 aromatic heterocycles. The predicted molar refractivity (Wildman–Crippen MR) is 98.1 cm³/mol. The second kappa shape index (κ2) is 7.09. The number of likely N-dealkylation sites (tertiary alicyclic amines) is 1. The van der Waals surface area contributed by atoms with Crippen LogP contribution in [0.1, 0.15) is 23.6 Å². The topological polar surface area (TPSA) is 54.3 Å². The second-order valence-corrected chi connectivity index (χ2v) is 7.52. The highest BCUT2D eigenvalue weighted by Gasteiger charge is 2.35. The lowest BCUT2D eigenvalue weighted by Gasteiger charge is -2.42. The van der Waals surface area contributed by atoms with E-state index >= 15 is 0 Å². The number of aromatic nitrogens is 1. The molecule has 2 bridgehead atoms. The fourth-order valence-electron chi connectivity index (χ4n) is 4.27. The van der Waals surface area contributed by atoms with E-state index in [4.69, 9.17) is 0 Å². The van der Waals surface area contributed by atoms with Gasteiger partial charge in [0.15, 0.2) is 0 Å². The summed E-state index contributed by atoms with van der Waals surface area (Å²) in [6.07, 6.45) is -3.40. The number of rotatable bonds is 3. The van der Waals surface area contributed by atoms with Crippen molar-refractivity contribution < 1.29 is 18.0 Å². The summed E-state index contributed by atoms with van der Waals surface area (Å²) in [6.45, 7) is 2.23. The fraction of sp³-hybridized carbons (Fsp3) is 0.400. The van der Waals surface area contributed by atoms with Crippen molar-refractivity contribution in [3.63, 3.8) is 0 Å². The average Bonchev–Trinajstić information content (AvgIpc) is 2.62. The Morgan fingerprint density at radius 3 is 2.54 bits per heavy atom. The van der Waals surface area contributed by atoms with Crippen molar-refractivity contribution in [2.45, 2.75) is 25.1 Å². The molecule has 2 atom stereocenters. The van der Waals surface area contributed by atoms with Crippen molar-refractivity contribution >= 4 is 11.6 Å². The minimum atomic E-state index is -4.40. The zero-order valence-electron chi connectivity index (χ0n) is 15.1. The molecule has 2 aliphatic heterocycles. The van der Waals surface area contributed by atoms with Gasteiger partial charge in [0.05, 0.1) is 12.1 Å². The van der Waals surface area contributed by atoms with Crippen molar-refractivity contribution in [3.8, 4) is 0 Å². The second-order valence-electron chi connectivity index (χ2n) is 7.52. The number of nitrogens with zero attached hydrogens (tertiary/aromatic N) is 2. The third-order valence-electron chi connectivity index (χ3n) is 5.42. The van der Waals surface area contributed by atoms with Crippen LogP contribution in [-0.2, 0) is 17.5 Å². The van der Waals surface area contributed by atoms with Crippen LogP contribution in [0, 0.1) is 5.92 Å². The number of pyridine rings is 1. The van der Waals surface area contributed by atoms with Gasteiger partial charge in [-0.25, -0.2) is 0 Å². The van der Waals surface area contributed by atoms with Crippen molar-refractivity contribution in [1.82, 2.24) is 9.47 Å².